The lowest BCUT2D eigenvalue weighted by molar-refractivity contribution is 0.0693. The third-order valence-electron chi connectivity index (χ3n) is 6.01. The van der Waals surface area contributed by atoms with E-state index in [2.05, 4.69) is 26.5 Å². The van der Waals surface area contributed by atoms with Crippen LogP contribution in [-0.4, -0.2) is 29.5 Å². The SMILES string of the molecule is Cc1cc(C)c2cccnc2c1S(=O)(=O)Nc1ccccc1C#Cc1cnc(C(=O)O)c2ccccc12. The van der Waals surface area contributed by atoms with Crippen molar-refractivity contribution in [2.75, 3.05) is 4.72 Å². The summed E-state index contributed by atoms with van der Waals surface area (Å²) < 4.78 is 29.9. The number of nitrogens with zero attached hydrogens (tertiary/aromatic N) is 2. The Bertz CT molecular complexity index is 1890. The summed E-state index contributed by atoms with van der Waals surface area (Å²) in [7, 11) is -4.00. The number of nitrogens with one attached hydrogen (secondary N) is 1. The Hall–Kier alpha value is -4.74. The van der Waals surface area contributed by atoms with Crippen LogP contribution in [0.5, 0.6) is 0 Å². The number of rotatable bonds is 4. The molecule has 0 aliphatic carbocycles. The minimum atomic E-state index is -4.00. The van der Waals surface area contributed by atoms with Gasteiger partial charge in [0.1, 0.15) is 4.90 Å². The predicted molar refractivity (Wildman–Crippen MR) is 143 cm³/mol. The van der Waals surface area contributed by atoms with E-state index in [9.17, 15) is 18.3 Å². The molecule has 0 fully saturated rings. The molecule has 0 atom stereocenters. The molecule has 2 heterocycles. The van der Waals surface area contributed by atoms with Gasteiger partial charge in [0.2, 0.25) is 0 Å². The molecule has 0 aliphatic rings. The molecule has 5 rings (SSSR count). The van der Waals surface area contributed by atoms with E-state index in [4.69, 9.17) is 0 Å². The van der Waals surface area contributed by atoms with Crippen LogP contribution in [0.3, 0.4) is 0 Å². The van der Waals surface area contributed by atoms with Crippen LogP contribution in [0.2, 0.25) is 0 Å². The van der Waals surface area contributed by atoms with Gasteiger partial charge in [-0.2, -0.15) is 0 Å². The molecule has 0 amide bonds. The number of carboxylic acid groups (broad SMARTS) is 1. The molecule has 7 nitrogen and oxygen atoms in total. The summed E-state index contributed by atoms with van der Waals surface area (Å²) >= 11 is 0. The van der Waals surface area contributed by atoms with Gasteiger partial charge >= 0.3 is 5.97 Å². The molecule has 0 unspecified atom stereocenters. The smallest absolute Gasteiger partial charge is 0.355 e. The van der Waals surface area contributed by atoms with Crippen molar-refractivity contribution in [3.8, 4) is 11.8 Å². The van der Waals surface area contributed by atoms with E-state index in [1.165, 1.54) is 6.20 Å². The lowest BCUT2D eigenvalue weighted by Crippen LogP contribution is -2.16. The molecule has 2 aromatic heterocycles. The number of pyridine rings is 2. The van der Waals surface area contributed by atoms with Gasteiger partial charge in [0.25, 0.3) is 10.0 Å². The molecule has 0 aliphatic heterocycles. The largest absolute Gasteiger partial charge is 0.476 e. The van der Waals surface area contributed by atoms with Crippen LogP contribution in [0, 0.1) is 25.7 Å². The second-order valence-corrected chi connectivity index (χ2v) is 10.1. The van der Waals surface area contributed by atoms with Crippen LogP contribution >= 0.6 is 0 Å². The third-order valence-corrected chi connectivity index (χ3v) is 7.55. The third kappa shape index (κ3) is 4.48. The van der Waals surface area contributed by atoms with Gasteiger partial charge in [-0.1, -0.05) is 60.4 Å². The number of para-hydroxylation sites is 1. The van der Waals surface area contributed by atoms with Crippen molar-refractivity contribution in [2.45, 2.75) is 18.7 Å². The predicted octanol–water partition coefficient (Wildman–Crippen LogP) is 5.30. The highest BCUT2D eigenvalue weighted by molar-refractivity contribution is 7.93. The monoisotopic (exact) mass is 507 g/mol. The molecule has 182 valence electrons. The van der Waals surface area contributed by atoms with Crippen molar-refractivity contribution in [3.05, 3.63) is 107 Å². The molecule has 0 spiro atoms. The van der Waals surface area contributed by atoms with E-state index < -0.39 is 16.0 Å². The van der Waals surface area contributed by atoms with Crippen molar-refractivity contribution >= 4 is 43.4 Å². The zero-order valence-electron chi connectivity index (χ0n) is 20.0. The average Bonchev–Trinajstić information content (AvgIpc) is 2.87. The van der Waals surface area contributed by atoms with Gasteiger partial charge in [0.05, 0.1) is 16.8 Å². The van der Waals surface area contributed by atoms with Crippen LogP contribution < -0.4 is 4.72 Å². The van der Waals surface area contributed by atoms with Crippen molar-refractivity contribution in [2.24, 2.45) is 0 Å². The van der Waals surface area contributed by atoms with Crippen molar-refractivity contribution in [3.63, 3.8) is 0 Å². The van der Waals surface area contributed by atoms with Gasteiger partial charge in [0.15, 0.2) is 5.69 Å². The standard InChI is InChI=1S/C29H21N3O4S/c1-18-16-19(2)28(26-22(18)11-7-15-30-26)37(35,36)32-25-12-6-3-8-20(25)13-14-21-17-31-27(29(33)34)24-10-5-4-9-23(21)24/h3-12,15-17,32H,1-2H3,(H,33,34). The molecule has 5 aromatic rings. The second kappa shape index (κ2) is 9.37. The molecule has 0 radical (unpaired) electrons. The molecular weight excluding hydrogens is 486 g/mol. The lowest BCUT2D eigenvalue weighted by Gasteiger charge is -2.15. The van der Waals surface area contributed by atoms with Gasteiger partial charge in [-0.05, 0) is 43.2 Å². The van der Waals surface area contributed by atoms with Crippen LogP contribution in [0.25, 0.3) is 21.7 Å². The summed E-state index contributed by atoms with van der Waals surface area (Å²) in [5.74, 6) is 4.94. The first-order valence-corrected chi connectivity index (χ1v) is 12.8. The number of benzene rings is 3. The van der Waals surface area contributed by atoms with Crippen molar-refractivity contribution in [1.82, 2.24) is 9.97 Å². The Balaban J connectivity index is 1.58. The highest BCUT2D eigenvalue weighted by Crippen LogP contribution is 2.30. The fraction of sp³-hybridized carbons (Fsp3) is 0.0690. The van der Waals surface area contributed by atoms with E-state index in [1.807, 2.05) is 19.1 Å². The normalized spacial score (nSPS) is 11.2. The first-order chi connectivity index (χ1) is 17.8. The molecule has 3 aromatic carbocycles. The molecule has 37 heavy (non-hydrogen) atoms. The van der Waals surface area contributed by atoms with Gasteiger partial charge in [-0.15, -0.1) is 0 Å². The van der Waals surface area contributed by atoms with Gasteiger partial charge in [-0.25, -0.2) is 18.2 Å². The first-order valence-electron chi connectivity index (χ1n) is 11.4. The number of fused-ring (bicyclic) bond motifs is 2. The van der Waals surface area contributed by atoms with Crippen LogP contribution in [0.4, 0.5) is 5.69 Å². The van der Waals surface area contributed by atoms with Gasteiger partial charge < -0.3 is 5.11 Å². The summed E-state index contributed by atoms with van der Waals surface area (Å²) in [4.78, 5) is 20.1. The summed E-state index contributed by atoms with van der Waals surface area (Å²) in [6.45, 7) is 3.67. The van der Waals surface area contributed by atoms with Crippen LogP contribution in [-0.2, 0) is 10.0 Å². The lowest BCUT2D eigenvalue weighted by atomic mass is 10.0. The second-order valence-electron chi connectivity index (χ2n) is 8.51. The van der Waals surface area contributed by atoms with Crippen LogP contribution in [0.1, 0.15) is 32.7 Å². The maximum Gasteiger partial charge on any atom is 0.355 e. The fourth-order valence-electron chi connectivity index (χ4n) is 4.37. The van der Waals surface area contributed by atoms with Crippen LogP contribution in [0.15, 0.2) is 84.0 Å². The number of aromatic nitrogens is 2. The molecule has 0 bridgehead atoms. The molecule has 2 N–H and O–H groups in total. The minimum absolute atomic E-state index is 0.0522. The Labute approximate surface area is 213 Å². The summed E-state index contributed by atoms with van der Waals surface area (Å²) in [6.07, 6.45) is 2.99. The zero-order valence-corrected chi connectivity index (χ0v) is 20.8. The zero-order chi connectivity index (χ0) is 26.2. The minimum Gasteiger partial charge on any atom is -0.476 e. The molecule has 0 saturated carbocycles. The molecule has 8 heteroatoms. The Morgan fingerprint density at radius 2 is 1.51 bits per heavy atom. The number of hydrogen-bond donors (Lipinski definition) is 2. The average molecular weight is 508 g/mol. The molecular formula is C29H21N3O4S. The van der Waals surface area contributed by atoms with Crippen molar-refractivity contribution in [1.29, 1.82) is 0 Å². The maximum atomic E-state index is 13.6. The number of sulfonamides is 1. The van der Waals surface area contributed by atoms with E-state index in [0.717, 1.165) is 10.9 Å². The Morgan fingerprint density at radius 3 is 2.30 bits per heavy atom. The number of carbonyl (C=O) groups is 1. The van der Waals surface area contributed by atoms with E-state index in [1.54, 1.807) is 67.7 Å². The molecule has 0 saturated heterocycles. The quantitative estimate of drug-likeness (QED) is 0.320. The number of carboxylic acids is 1. The fourth-order valence-corrected chi connectivity index (χ4v) is 5.84. The highest BCUT2D eigenvalue weighted by atomic mass is 32.2. The maximum absolute atomic E-state index is 13.6. The van der Waals surface area contributed by atoms with E-state index in [-0.39, 0.29) is 10.6 Å². The first kappa shape index (κ1) is 24.0. The Kier molecular flexibility index (Phi) is 6.07. The number of hydrogen-bond acceptors (Lipinski definition) is 5. The number of aryl methyl sites for hydroxylation is 2. The number of aromatic carboxylic acids is 1. The van der Waals surface area contributed by atoms with Crippen molar-refractivity contribution < 1.29 is 18.3 Å². The Morgan fingerprint density at radius 1 is 0.838 bits per heavy atom. The van der Waals surface area contributed by atoms with E-state index in [0.29, 0.717) is 38.7 Å². The number of anilines is 1. The summed E-state index contributed by atoms with van der Waals surface area (Å²) in [5, 5.41) is 11.3. The highest BCUT2D eigenvalue weighted by Gasteiger charge is 2.23. The van der Waals surface area contributed by atoms with E-state index >= 15 is 0 Å². The summed E-state index contributed by atoms with van der Waals surface area (Å²) in [6, 6.07) is 19.3. The van der Waals surface area contributed by atoms with Gasteiger partial charge in [-0.3, -0.25) is 9.71 Å². The van der Waals surface area contributed by atoms with Gasteiger partial charge in [0, 0.05) is 34.1 Å². The summed E-state index contributed by atoms with van der Waals surface area (Å²) in [5.41, 5.74) is 3.20. The topological polar surface area (TPSA) is 109 Å².